The van der Waals surface area contributed by atoms with Gasteiger partial charge >= 0.3 is 0 Å². The van der Waals surface area contributed by atoms with Crippen LogP contribution in [0.3, 0.4) is 0 Å². The Balaban J connectivity index is 0.884. The zero-order valence-corrected chi connectivity index (χ0v) is 57.5. The molecule has 0 spiro atoms. The number of rotatable bonds is 24. The van der Waals surface area contributed by atoms with Crippen molar-refractivity contribution in [1.82, 2.24) is 39.0 Å². The van der Waals surface area contributed by atoms with Crippen LogP contribution >= 0.6 is 0 Å². The van der Waals surface area contributed by atoms with Gasteiger partial charge in [0.2, 0.25) is 0 Å². The molecule has 8 heteroatoms. The minimum Gasteiger partial charge on any atom is -0.340 e. The van der Waals surface area contributed by atoms with Gasteiger partial charge in [0.25, 0.3) is 0 Å². The second-order valence-electron chi connectivity index (χ2n) is 26.6. The van der Waals surface area contributed by atoms with Gasteiger partial charge < -0.3 is 9.13 Å². The van der Waals surface area contributed by atoms with Crippen molar-refractivity contribution in [2.24, 2.45) is 11.8 Å². The Labute approximate surface area is 587 Å². The molecule has 2 unspecified atom stereocenters. The fraction of sp³-hybridized carbons (Fsp3) is 0.174. The SMILES string of the molecule is CCCCC(CC)Cn1c2ccccc2c2cc(-c3cc(/C=C/c4ccc(-c5cc(-c6ccccn6)nc(-c6ccccn6)c5)cc4)c(-c4ccc5c(c4)c4ccccc4n5CC(CC)CCCC)cc3/C=C/c3ccc(-c4cc(-c5ccccn5)nc(-c5ccccn5)c4)cc3)ccc21. The van der Waals surface area contributed by atoms with Gasteiger partial charge in [0, 0.05) is 81.5 Å². The summed E-state index contributed by atoms with van der Waals surface area (Å²) in [5.41, 5.74) is 24.9. The summed E-state index contributed by atoms with van der Waals surface area (Å²) >= 11 is 0. The molecule has 8 aromatic heterocycles. The third-order valence-corrected chi connectivity index (χ3v) is 20.1. The van der Waals surface area contributed by atoms with E-state index < -0.39 is 0 Å². The monoisotopic (exact) mass is 1300 g/mol. The van der Waals surface area contributed by atoms with Crippen LogP contribution in [0.5, 0.6) is 0 Å². The van der Waals surface area contributed by atoms with Gasteiger partial charge in [-0.05, 0) is 213 Å². The first-order valence-corrected chi connectivity index (χ1v) is 35.8. The molecule has 0 saturated carbocycles. The van der Waals surface area contributed by atoms with E-state index in [1.165, 1.54) is 93.3 Å². The molecule has 15 aromatic rings. The Bertz CT molecular complexity index is 4950. The minimum atomic E-state index is 0.598. The summed E-state index contributed by atoms with van der Waals surface area (Å²) in [6.07, 6.45) is 26.2. The first-order chi connectivity index (χ1) is 49.4. The average molecular weight is 1300 g/mol. The van der Waals surface area contributed by atoms with Crippen molar-refractivity contribution < 1.29 is 0 Å². The maximum atomic E-state index is 5.07. The van der Waals surface area contributed by atoms with Crippen molar-refractivity contribution in [3.8, 4) is 90.1 Å². The van der Waals surface area contributed by atoms with Gasteiger partial charge in [-0.1, -0.05) is 212 Å². The Hall–Kier alpha value is -11.5. The maximum Gasteiger partial charge on any atom is 0.0900 e. The lowest BCUT2D eigenvalue weighted by molar-refractivity contribution is 0.401. The molecule has 490 valence electrons. The molecule has 0 radical (unpaired) electrons. The number of unbranched alkanes of at least 4 members (excludes halogenated alkanes) is 2. The Morgan fingerprint density at radius 3 is 0.980 bits per heavy atom. The molecule has 0 amide bonds. The van der Waals surface area contributed by atoms with Crippen LogP contribution in [0.2, 0.25) is 0 Å². The third kappa shape index (κ3) is 13.8. The smallest absolute Gasteiger partial charge is 0.0900 e. The summed E-state index contributed by atoms with van der Waals surface area (Å²) in [6, 6.07) is 87.5. The number of benzene rings is 7. The zero-order valence-electron chi connectivity index (χ0n) is 57.5. The normalized spacial score (nSPS) is 12.4. The highest BCUT2D eigenvalue weighted by Crippen LogP contribution is 2.42. The number of hydrogen-bond donors (Lipinski definition) is 0. The quantitative estimate of drug-likeness (QED) is 0.0560. The van der Waals surface area contributed by atoms with Crippen molar-refractivity contribution >= 4 is 67.9 Å². The first kappa shape index (κ1) is 64.5. The summed E-state index contributed by atoms with van der Waals surface area (Å²) in [4.78, 5) is 28.9. The molecule has 8 heterocycles. The molecule has 0 bridgehead atoms. The topological polar surface area (TPSA) is 87.2 Å². The number of pyridine rings is 6. The van der Waals surface area contributed by atoms with E-state index >= 15 is 0 Å². The second-order valence-corrected chi connectivity index (χ2v) is 26.6. The highest BCUT2D eigenvalue weighted by atomic mass is 15.0. The lowest BCUT2D eigenvalue weighted by Crippen LogP contribution is -2.10. The number of hydrogen-bond acceptors (Lipinski definition) is 6. The predicted molar refractivity (Wildman–Crippen MR) is 420 cm³/mol. The summed E-state index contributed by atoms with van der Waals surface area (Å²) in [6.45, 7) is 11.3. The molecule has 0 aliphatic rings. The second kappa shape index (κ2) is 29.7. The fourth-order valence-corrected chi connectivity index (χ4v) is 14.5. The summed E-state index contributed by atoms with van der Waals surface area (Å²) in [5.74, 6) is 1.20. The van der Waals surface area contributed by atoms with E-state index in [-0.39, 0.29) is 0 Å². The van der Waals surface area contributed by atoms with E-state index in [4.69, 9.17) is 29.9 Å². The maximum absolute atomic E-state index is 5.07. The summed E-state index contributed by atoms with van der Waals surface area (Å²) in [7, 11) is 0. The number of para-hydroxylation sites is 2. The zero-order chi connectivity index (χ0) is 67.7. The Morgan fingerprint density at radius 2 is 0.640 bits per heavy atom. The number of aromatic nitrogens is 8. The molecule has 7 aromatic carbocycles. The third-order valence-electron chi connectivity index (χ3n) is 20.1. The van der Waals surface area contributed by atoms with Gasteiger partial charge in [-0.15, -0.1) is 0 Å². The van der Waals surface area contributed by atoms with E-state index in [0.29, 0.717) is 11.8 Å². The summed E-state index contributed by atoms with van der Waals surface area (Å²) in [5, 5.41) is 5.11. The molecule has 0 aliphatic carbocycles. The van der Waals surface area contributed by atoms with Crippen LogP contribution in [0.1, 0.15) is 101 Å². The standard InChI is InChI=1S/C92H82N8/c1-5-9-23-63(7-3)61-99-89-31-13-11-25-75(89)79-55-71(45-47-91(79)99)77-53-70(44-38-66-35-41-68(42-36-66)74-59-87(83-29-17-21-51-95-83)98-88(60-74)84-30-18-22-52-96-84)78(72-46-48-92-80(56-72)76-26-12-14-32-90(76)100(92)62-64(8-4)24-10-6-2)54-69(77)43-37-65-33-39-67(40-34-65)73-57-85(81-27-15-19-49-93-81)97-86(58-73)82-28-16-20-50-94-82/h11-22,25-60,63-64H,5-10,23-24,61-62H2,1-4H3/b43-37+,44-38+. The Morgan fingerprint density at radius 1 is 0.300 bits per heavy atom. The highest BCUT2D eigenvalue weighted by molar-refractivity contribution is 6.11. The van der Waals surface area contributed by atoms with Crippen LogP contribution in [-0.2, 0) is 13.1 Å². The highest BCUT2D eigenvalue weighted by Gasteiger charge is 2.21. The molecule has 0 N–H and O–H groups in total. The fourth-order valence-electron chi connectivity index (χ4n) is 14.5. The lowest BCUT2D eigenvalue weighted by Gasteiger charge is -2.18. The average Bonchev–Trinajstić information content (AvgIpc) is 1.59. The van der Waals surface area contributed by atoms with E-state index in [1.54, 1.807) is 0 Å². The minimum absolute atomic E-state index is 0.598. The summed E-state index contributed by atoms with van der Waals surface area (Å²) < 4.78 is 5.20. The van der Waals surface area contributed by atoms with Crippen LogP contribution < -0.4 is 0 Å². The predicted octanol–water partition coefficient (Wildman–Crippen LogP) is 24.4. The molecular weight excluding hydrogens is 1220 g/mol. The van der Waals surface area contributed by atoms with Crippen LogP contribution in [-0.4, -0.2) is 39.0 Å². The van der Waals surface area contributed by atoms with Gasteiger partial charge in [-0.25, -0.2) is 9.97 Å². The molecule has 0 aliphatic heterocycles. The van der Waals surface area contributed by atoms with Crippen molar-refractivity contribution in [3.63, 3.8) is 0 Å². The van der Waals surface area contributed by atoms with Crippen molar-refractivity contribution in [3.05, 3.63) is 290 Å². The van der Waals surface area contributed by atoms with Crippen LogP contribution in [0.4, 0.5) is 0 Å². The van der Waals surface area contributed by atoms with Gasteiger partial charge in [-0.2, -0.15) is 0 Å². The molecule has 0 saturated heterocycles. The Kier molecular flexibility index (Phi) is 19.2. The number of fused-ring (bicyclic) bond motifs is 6. The molecule has 8 nitrogen and oxygen atoms in total. The van der Waals surface area contributed by atoms with E-state index in [1.807, 2.05) is 97.6 Å². The van der Waals surface area contributed by atoms with Gasteiger partial charge in [0.15, 0.2) is 0 Å². The number of nitrogens with zero attached hydrogens (tertiary/aromatic N) is 8. The molecule has 100 heavy (non-hydrogen) atoms. The van der Waals surface area contributed by atoms with Crippen molar-refractivity contribution in [1.29, 1.82) is 0 Å². The molecule has 2 atom stereocenters. The molecule has 0 fully saturated rings. The molecule has 15 rings (SSSR count). The first-order valence-electron chi connectivity index (χ1n) is 35.8. The van der Waals surface area contributed by atoms with E-state index in [0.717, 1.165) is 127 Å². The van der Waals surface area contributed by atoms with Gasteiger partial charge in [0.05, 0.1) is 45.6 Å². The van der Waals surface area contributed by atoms with Crippen LogP contribution in [0.25, 0.3) is 158 Å². The largest absolute Gasteiger partial charge is 0.340 e. The van der Waals surface area contributed by atoms with E-state index in [9.17, 15) is 0 Å². The lowest BCUT2D eigenvalue weighted by atomic mass is 9.89. The molecular formula is C92H82N8. The van der Waals surface area contributed by atoms with Crippen molar-refractivity contribution in [2.75, 3.05) is 0 Å². The van der Waals surface area contributed by atoms with Gasteiger partial charge in [0.1, 0.15) is 0 Å². The van der Waals surface area contributed by atoms with Crippen molar-refractivity contribution in [2.45, 2.75) is 92.2 Å². The van der Waals surface area contributed by atoms with Crippen LogP contribution in [0, 0.1) is 11.8 Å². The van der Waals surface area contributed by atoms with Gasteiger partial charge in [-0.3, -0.25) is 19.9 Å². The van der Waals surface area contributed by atoms with Crippen LogP contribution in [0.15, 0.2) is 267 Å². The van der Waals surface area contributed by atoms with E-state index in [2.05, 4.69) is 231 Å².